The fourth-order valence-electron chi connectivity index (χ4n) is 1.89. The van der Waals surface area contributed by atoms with Crippen molar-refractivity contribution in [3.63, 3.8) is 0 Å². The van der Waals surface area contributed by atoms with E-state index in [1.54, 1.807) is 35.1 Å². The number of hydrogen-bond donors (Lipinski definition) is 1. The Hall–Kier alpha value is -1.37. The van der Waals surface area contributed by atoms with E-state index in [4.69, 9.17) is 11.6 Å². The first-order valence-electron chi connectivity index (χ1n) is 6.64. The zero-order valence-corrected chi connectivity index (χ0v) is 13.6. The molecule has 0 fully saturated rings. The SMILES string of the molecule is Cc1ccc(S(=O)(=O)NCCCn2ncc(Cl)c2C)cc1. The van der Waals surface area contributed by atoms with Gasteiger partial charge >= 0.3 is 0 Å². The molecule has 0 unspecified atom stereocenters. The van der Waals surface area contributed by atoms with E-state index < -0.39 is 10.0 Å². The van der Waals surface area contributed by atoms with Crippen LogP contribution in [-0.4, -0.2) is 24.7 Å². The number of rotatable bonds is 6. The molecule has 0 saturated heterocycles. The second kappa shape index (κ2) is 6.60. The van der Waals surface area contributed by atoms with Gasteiger partial charge in [-0.15, -0.1) is 0 Å². The van der Waals surface area contributed by atoms with Crippen LogP contribution in [0.1, 0.15) is 17.7 Å². The molecule has 2 aromatic rings. The Bertz CT molecular complexity index is 708. The highest BCUT2D eigenvalue weighted by Crippen LogP contribution is 2.13. The molecule has 0 spiro atoms. The average Bonchev–Trinajstić information content (AvgIpc) is 2.76. The number of benzene rings is 1. The van der Waals surface area contributed by atoms with Gasteiger partial charge in [-0.3, -0.25) is 4.68 Å². The van der Waals surface area contributed by atoms with Crippen LogP contribution in [0.3, 0.4) is 0 Å². The van der Waals surface area contributed by atoms with Gasteiger partial charge < -0.3 is 0 Å². The molecule has 7 heteroatoms. The highest BCUT2D eigenvalue weighted by Gasteiger charge is 2.12. The van der Waals surface area contributed by atoms with Crippen LogP contribution in [0.15, 0.2) is 35.4 Å². The fraction of sp³-hybridized carbons (Fsp3) is 0.357. The predicted octanol–water partition coefficient (Wildman–Crippen LogP) is 2.52. The Labute approximate surface area is 130 Å². The summed E-state index contributed by atoms with van der Waals surface area (Å²) < 4.78 is 28.5. The highest BCUT2D eigenvalue weighted by atomic mass is 35.5. The predicted molar refractivity (Wildman–Crippen MR) is 83.0 cm³/mol. The van der Waals surface area contributed by atoms with E-state index in [9.17, 15) is 8.42 Å². The van der Waals surface area contributed by atoms with Crippen LogP contribution >= 0.6 is 11.6 Å². The van der Waals surface area contributed by atoms with Gasteiger partial charge in [0.25, 0.3) is 0 Å². The van der Waals surface area contributed by atoms with Gasteiger partial charge in [0, 0.05) is 13.1 Å². The van der Waals surface area contributed by atoms with Crippen molar-refractivity contribution < 1.29 is 8.42 Å². The molecule has 0 atom stereocenters. The van der Waals surface area contributed by atoms with Gasteiger partial charge in [0.05, 0.1) is 21.8 Å². The van der Waals surface area contributed by atoms with Crippen molar-refractivity contribution in [1.29, 1.82) is 0 Å². The third-order valence-corrected chi connectivity index (χ3v) is 5.06. The fourth-order valence-corrected chi connectivity index (χ4v) is 3.10. The first kappa shape index (κ1) is 16.0. The smallest absolute Gasteiger partial charge is 0.240 e. The van der Waals surface area contributed by atoms with E-state index in [-0.39, 0.29) is 4.90 Å². The van der Waals surface area contributed by atoms with Crippen LogP contribution in [-0.2, 0) is 16.6 Å². The maximum Gasteiger partial charge on any atom is 0.240 e. The molecule has 5 nitrogen and oxygen atoms in total. The van der Waals surface area contributed by atoms with Crippen LogP contribution in [0.25, 0.3) is 0 Å². The molecule has 2 rings (SSSR count). The minimum Gasteiger partial charge on any atom is -0.268 e. The maximum absolute atomic E-state index is 12.1. The van der Waals surface area contributed by atoms with Crippen LogP contribution in [0.4, 0.5) is 0 Å². The molecule has 0 radical (unpaired) electrons. The molecule has 0 saturated carbocycles. The van der Waals surface area contributed by atoms with Crippen molar-refractivity contribution in [2.75, 3.05) is 6.54 Å². The monoisotopic (exact) mass is 327 g/mol. The minimum absolute atomic E-state index is 0.284. The summed E-state index contributed by atoms with van der Waals surface area (Å²) in [6.07, 6.45) is 2.23. The number of aromatic nitrogens is 2. The number of nitrogens with one attached hydrogen (secondary N) is 1. The minimum atomic E-state index is -3.44. The van der Waals surface area contributed by atoms with E-state index in [1.807, 2.05) is 13.8 Å². The van der Waals surface area contributed by atoms with Crippen molar-refractivity contribution in [3.8, 4) is 0 Å². The lowest BCUT2D eigenvalue weighted by molar-refractivity contribution is 0.546. The molecule has 0 aliphatic heterocycles. The number of halogens is 1. The third kappa shape index (κ3) is 4.06. The summed E-state index contributed by atoms with van der Waals surface area (Å²) in [4.78, 5) is 0.284. The van der Waals surface area contributed by atoms with Gasteiger partial charge in [-0.05, 0) is 32.4 Å². The standard InChI is InChI=1S/C14H18ClN3O2S/c1-11-4-6-13(7-5-11)21(19,20)17-8-3-9-18-12(2)14(15)10-16-18/h4-7,10,17H,3,8-9H2,1-2H3. The summed E-state index contributed by atoms with van der Waals surface area (Å²) in [5, 5.41) is 4.75. The van der Waals surface area contributed by atoms with Gasteiger partial charge in [-0.2, -0.15) is 5.10 Å². The average molecular weight is 328 g/mol. The first-order chi connectivity index (χ1) is 9.90. The van der Waals surface area contributed by atoms with Crippen molar-refractivity contribution in [1.82, 2.24) is 14.5 Å². The number of aryl methyl sites for hydroxylation is 2. The van der Waals surface area contributed by atoms with Crippen LogP contribution < -0.4 is 4.72 Å². The normalized spacial score (nSPS) is 11.8. The molecule has 21 heavy (non-hydrogen) atoms. The van der Waals surface area contributed by atoms with Crippen molar-refractivity contribution in [2.45, 2.75) is 31.7 Å². The number of hydrogen-bond acceptors (Lipinski definition) is 3. The van der Waals surface area contributed by atoms with Gasteiger partial charge in [0.15, 0.2) is 0 Å². The second-order valence-electron chi connectivity index (χ2n) is 4.87. The number of sulfonamides is 1. The van der Waals surface area contributed by atoms with E-state index in [0.717, 1.165) is 11.3 Å². The first-order valence-corrected chi connectivity index (χ1v) is 8.50. The number of nitrogens with zero attached hydrogens (tertiary/aromatic N) is 2. The Morgan fingerprint density at radius 1 is 1.24 bits per heavy atom. The molecule has 0 aliphatic rings. The molecule has 0 aliphatic carbocycles. The molecular formula is C14H18ClN3O2S. The highest BCUT2D eigenvalue weighted by molar-refractivity contribution is 7.89. The van der Waals surface area contributed by atoms with Crippen molar-refractivity contribution in [3.05, 3.63) is 46.7 Å². The summed E-state index contributed by atoms with van der Waals surface area (Å²) in [5.41, 5.74) is 1.91. The molecule has 114 valence electrons. The molecule has 0 amide bonds. The molecule has 0 bridgehead atoms. The van der Waals surface area contributed by atoms with Crippen LogP contribution in [0.2, 0.25) is 5.02 Å². The quantitative estimate of drug-likeness (QED) is 0.829. The van der Waals surface area contributed by atoms with E-state index in [0.29, 0.717) is 24.5 Å². The van der Waals surface area contributed by atoms with Gasteiger partial charge in [0.2, 0.25) is 10.0 Å². The third-order valence-electron chi connectivity index (χ3n) is 3.21. The van der Waals surface area contributed by atoms with Crippen molar-refractivity contribution in [2.24, 2.45) is 0 Å². The molecule has 1 heterocycles. The molecule has 1 N–H and O–H groups in total. The second-order valence-corrected chi connectivity index (χ2v) is 7.04. The lowest BCUT2D eigenvalue weighted by Gasteiger charge is -2.08. The Morgan fingerprint density at radius 3 is 2.48 bits per heavy atom. The van der Waals surface area contributed by atoms with Gasteiger partial charge in [0.1, 0.15) is 0 Å². The van der Waals surface area contributed by atoms with Gasteiger partial charge in [-0.25, -0.2) is 13.1 Å². The topological polar surface area (TPSA) is 64.0 Å². The van der Waals surface area contributed by atoms with Crippen molar-refractivity contribution >= 4 is 21.6 Å². The van der Waals surface area contributed by atoms with E-state index in [1.165, 1.54) is 0 Å². The Kier molecular flexibility index (Phi) is 5.03. The van der Waals surface area contributed by atoms with E-state index in [2.05, 4.69) is 9.82 Å². The summed E-state index contributed by atoms with van der Waals surface area (Å²) in [6.45, 7) is 4.77. The summed E-state index contributed by atoms with van der Waals surface area (Å²) in [6, 6.07) is 6.78. The maximum atomic E-state index is 12.1. The van der Waals surface area contributed by atoms with Gasteiger partial charge in [-0.1, -0.05) is 29.3 Å². The summed E-state index contributed by atoms with van der Waals surface area (Å²) in [7, 11) is -3.44. The zero-order valence-electron chi connectivity index (χ0n) is 12.0. The Morgan fingerprint density at radius 2 is 1.90 bits per heavy atom. The molecule has 1 aromatic carbocycles. The van der Waals surface area contributed by atoms with Crippen LogP contribution in [0, 0.1) is 13.8 Å². The molecular weight excluding hydrogens is 310 g/mol. The Balaban J connectivity index is 1.88. The lowest BCUT2D eigenvalue weighted by atomic mass is 10.2. The summed E-state index contributed by atoms with van der Waals surface area (Å²) in [5.74, 6) is 0. The zero-order chi connectivity index (χ0) is 15.5. The van der Waals surface area contributed by atoms with E-state index >= 15 is 0 Å². The summed E-state index contributed by atoms with van der Waals surface area (Å²) >= 11 is 5.91. The van der Waals surface area contributed by atoms with Crippen LogP contribution in [0.5, 0.6) is 0 Å². The lowest BCUT2D eigenvalue weighted by Crippen LogP contribution is -2.25. The largest absolute Gasteiger partial charge is 0.268 e. The molecule has 1 aromatic heterocycles.